The van der Waals surface area contributed by atoms with Crippen LogP contribution in [0.25, 0.3) is 0 Å². The molecule has 12 heteroatoms. The van der Waals surface area contributed by atoms with Crippen molar-refractivity contribution >= 4 is 25.7 Å². The molecule has 0 rings (SSSR count). The lowest BCUT2D eigenvalue weighted by atomic mass is 10.1. The zero-order chi connectivity index (χ0) is 52.7. The molecule has 0 fully saturated rings. The molecule has 0 aromatic carbocycles. The summed E-state index contributed by atoms with van der Waals surface area (Å²) < 4.78 is 39.4. The Kier molecular flexibility index (Phi) is 51.0. The molecule has 0 aromatic rings. The minimum Gasteiger partial charge on any atom is -0.462 e. The smallest absolute Gasteiger partial charge is 0.462 e. The van der Waals surface area contributed by atoms with E-state index in [0.29, 0.717) is 19.3 Å². The first-order chi connectivity index (χ1) is 35.2. The van der Waals surface area contributed by atoms with E-state index in [-0.39, 0.29) is 25.9 Å². The van der Waals surface area contributed by atoms with Crippen molar-refractivity contribution in [2.24, 2.45) is 0 Å². The fourth-order valence-electron chi connectivity index (χ4n) is 7.26. The average Bonchev–Trinajstić information content (AvgIpc) is 3.37. The normalized spacial score (nSPS) is 14.1. The number of hydrogen-bond donors (Lipinski definition) is 2. The van der Waals surface area contributed by atoms with Gasteiger partial charge in [-0.1, -0.05) is 201 Å². The van der Waals surface area contributed by atoms with Crippen molar-refractivity contribution in [3.63, 3.8) is 0 Å². The van der Waals surface area contributed by atoms with Crippen LogP contribution in [-0.2, 0) is 42.2 Å². The van der Waals surface area contributed by atoms with Crippen molar-refractivity contribution in [2.45, 2.75) is 238 Å². The Morgan fingerprint density at radius 3 is 1.18 bits per heavy atom. The Bertz CT molecular complexity index is 1580. The number of ether oxygens (including phenoxy) is 3. The summed E-state index contributed by atoms with van der Waals surface area (Å²) in [6.07, 6.45) is 62.4. The van der Waals surface area contributed by atoms with Crippen LogP contribution in [-0.4, -0.2) is 66.5 Å². The van der Waals surface area contributed by atoms with Gasteiger partial charge in [-0.3, -0.25) is 23.4 Å². The summed E-state index contributed by atoms with van der Waals surface area (Å²) in [5.41, 5.74) is 0. The van der Waals surface area contributed by atoms with Crippen molar-refractivity contribution in [2.75, 3.05) is 26.4 Å². The first-order valence-electron chi connectivity index (χ1n) is 28.1. The van der Waals surface area contributed by atoms with E-state index in [1.54, 1.807) is 0 Å². The number of aliphatic hydroxyl groups is 1. The van der Waals surface area contributed by atoms with Crippen molar-refractivity contribution in [1.29, 1.82) is 0 Å². The zero-order valence-electron chi connectivity index (χ0n) is 45.4. The van der Waals surface area contributed by atoms with Crippen LogP contribution < -0.4 is 0 Å². The van der Waals surface area contributed by atoms with Crippen LogP contribution in [0, 0.1) is 0 Å². The summed E-state index contributed by atoms with van der Waals surface area (Å²) in [7, 11) is -4.77. The summed E-state index contributed by atoms with van der Waals surface area (Å²) in [6, 6.07) is 0. The molecule has 0 aromatic heterocycles. The first-order valence-corrected chi connectivity index (χ1v) is 29.6. The topological polar surface area (TPSA) is 155 Å². The molecule has 0 saturated carbocycles. The molecule has 412 valence electrons. The molecule has 0 heterocycles. The van der Waals surface area contributed by atoms with Crippen LogP contribution in [0.2, 0.25) is 0 Å². The van der Waals surface area contributed by atoms with Gasteiger partial charge in [0.25, 0.3) is 0 Å². The fraction of sp³-hybridized carbons (Fsp3) is 0.683. The van der Waals surface area contributed by atoms with Crippen LogP contribution in [0.3, 0.4) is 0 Å². The standard InChI is InChI=1S/C60H101O11P/c1-4-7-10-13-16-19-22-25-27-28-30-33-36-39-42-45-48-51-60(64)71-57(53-67-58(62)49-46-43-40-37-34-31-24-21-18-15-12-9-6-3)55-69-72(65,66)68-54-56(52-61)70-59(63)50-47-44-41-38-35-32-29-26-23-20-17-14-11-8-5-2/h8-9,11-12,17-18,20-21,25-27,29,31,34,40,43,56-57,61H,4-7,10,13-16,19,22-24,28,30,32-33,35-39,41-42,44-55H2,1-3H3,(H,65,66)/b11-8-,12-9-,20-17-,21-18-,27-25-,29-26-,34-31-,43-40-. The summed E-state index contributed by atoms with van der Waals surface area (Å²) >= 11 is 0. The molecule has 72 heavy (non-hydrogen) atoms. The second-order valence-corrected chi connectivity index (χ2v) is 19.8. The molecule has 3 atom stereocenters. The lowest BCUT2D eigenvalue weighted by molar-refractivity contribution is -0.161. The Balaban J connectivity index is 4.80. The molecule has 0 aliphatic heterocycles. The highest BCUT2D eigenvalue weighted by molar-refractivity contribution is 7.47. The summed E-state index contributed by atoms with van der Waals surface area (Å²) in [4.78, 5) is 48.4. The maximum atomic E-state index is 12.9. The van der Waals surface area contributed by atoms with E-state index in [1.165, 1.54) is 57.8 Å². The van der Waals surface area contributed by atoms with Gasteiger partial charge in [-0.2, -0.15) is 0 Å². The molecule has 0 saturated heterocycles. The number of aliphatic hydroxyl groups excluding tert-OH is 1. The Morgan fingerprint density at radius 2 is 0.750 bits per heavy atom. The van der Waals surface area contributed by atoms with E-state index in [2.05, 4.69) is 106 Å². The van der Waals surface area contributed by atoms with Crippen LogP contribution in [0.1, 0.15) is 226 Å². The highest BCUT2D eigenvalue weighted by atomic mass is 31.2. The number of rotatable bonds is 51. The number of carbonyl (C=O) groups is 3. The van der Waals surface area contributed by atoms with Gasteiger partial charge in [0.05, 0.1) is 19.8 Å². The van der Waals surface area contributed by atoms with Crippen LogP contribution >= 0.6 is 7.82 Å². The molecule has 0 aliphatic rings. The van der Waals surface area contributed by atoms with E-state index in [0.717, 1.165) is 109 Å². The molecule has 0 radical (unpaired) electrons. The number of carbonyl (C=O) groups excluding carboxylic acids is 3. The quantitative estimate of drug-likeness (QED) is 0.0197. The Labute approximate surface area is 438 Å². The van der Waals surface area contributed by atoms with E-state index >= 15 is 0 Å². The van der Waals surface area contributed by atoms with Crippen molar-refractivity contribution < 1.29 is 52.2 Å². The predicted molar refractivity (Wildman–Crippen MR) is 297 cm³/mol. The maximum absolute atomic E-state index is 12.9. The zero-order valence-corrected chi connectivity index (χ0v) is 46.3. The van der Waals surface area contributed by atoms with Gasteiger partial charge in [-0.05, 0) is 103 Å². The molecule has 0 aliphatic carbocycles. The second kappa shape index (κ2) is 53.7. The average molecular weight is 1030 g/mol. The van der Waals surface area contributed by atoms with Crippen LogP contribution in [0.15, 0.2) is 97.2 Å². The number of phosphoric ester groups is 1. The number of esters is 3. The van der Waals surface area contributed by atoms with Gasteiger partial charge < -0.3 is 24.2 Å². The number of allylic oxidation sites excluding steroid dienone is 16. The minimum absolute atomic E-state index is 0.100. The number of hydrogen-bond acceptors (Lipinski definition) is 10. The number of unbranched alkanes of at least 4 members (excludes halogenated alkanes) is 18. The van der Waals surface area contributed by atoms with Gasteiger partial charge in [-0.15, -0.1) is 0 Å². The lowest BCUT2D eigenvalue weighted by Gasteiger charge is -2.21. The van der Waals surface area contributed by atoms with E-state index in [1.807, 2.05) is 12.2 Å². The number of phosphoric acid groups is 1. The van der Waals surface area contributed by atoms with E-state index in [4.69, 9.17) is 23.3 Å². The molecule has 0 amide bonds. The Morgan fingerprint density at radius 1 is 0.403 bits per heavy atom. The monoisotopic (exact) mass is 1030 g/mol. The second-order valence-electron chi connectivity index (χ2n) is 18.3. The molecule has 3 unspecified atom stereocenters. The van der Waals surface area contributed by atoms with Gasteiger partial charge in [-0.25, -0.2) is 4.57 Å². The minimum atomic E-state index is -4.77. The summed E-state index contributed by atoms with van der Waals surface area (Å²) in [5, 5.41) is 9.80. The highest BCUT2D eigenvalue weighted by Crippen LogP contribution is 2.43. The molecule has 0 bridgehead atoms. The molecule has 2 N–H and O–H groups in total. The maximum Gasteiger partial charge on any atom is 0.472 e. The largest absolute Gasteiger partial charge is 0.472 e. The van der Waals surface area contributed by atoms with Crippen molar-refractivity contribution in [1.82, 2.24) is 0 Å². The van der Waals surface area contributed by atoms with Gasteiger partial charge in [0, 0.05) is 19.3 Å². The third kappa shape index (κ3) is 51.3. The SMILES string of the molecule is CC/C=C\C/C=C\C/C=C\C/C=C\CCC(=O)OCC(COP(=O)(O)OCC(CO)OC(=O)CCCCCCC/C=C\C/C=C\C/C=C\CC)OC(=O)CCCCCCCCC/C=C\CCCCCCCC. The first kappa shape index (κ1) is 68.4. The van der Waals surface area contributed by atoms with Gasteiger partial charge >= 0.3 is 25.7 Å². The molecule has 11 nitrogen and oxygen atoms in total. The fourth-order valence-corrected chi connectivity index (χ4v) is 8.04. The van der Waals surface area contributed by atoms with Gasteiger partial charge in [0.1, 0.15) is 12.7 Å². The summed E-state index contributed by atoms with van der Waals surface area (Å²) in [5.74, 6) is -1.59. The molecular weight excluding hydrogens is 928 g/mol. The lowest BCUT2D eigenvalue weighted by Crippen LogP contribution is -2.30. The molecular formula is C60H101O11P. The van der Waals surface area contributed by atoms with Gasteiger partial charge in [0.15, 0.2) is 6.10 Å². The third-order valence-electron chi connectivity index (χ3n) is 11.5. The van der Waals surface area contributed by atoms with Crippen molar-refractivity contribution in [3.05, 3.63) is 97.2 Å². The Hall–Kier alpha value is -3.60. The summed E-state index contributed by atoms with van der Waals surface area (Å²) in [6.45, 7) is 4.30. The van der Waals surface area contributed by atoms with E-state index < -0.39 is 57.8 Å². The predicted octanol–water partition coefficient (Wildman–Crippen LogP) is 16.5. The van der Waals surface area contributed by atoms with E-state index in [9.17, 15) is 28.9 Å². The third-order valence-corrected chi connectivity index (χ3v) is 12.4. The van der Waals surface area contributed by atoms with Crippen LogP contribution in [0.4, 0.5) is 0 Å². The van der Waals surface area contributed by atoms with Crippen LogP contribution in [0.5, 0.6) is 0 Å². The highest BCUT2D eigenvalue weighted by Gasteiger charge is 2.28. The molecule has 0 spiro atoms. The van der Waals surface area contributed by atoms with Crippen molar-refractivity contribution in [3.8, 4) is 0 Å². The van der Waals surface area contributed by atoms with Gasteiger partial charge in [0.2, 0.25) is 0 Å².